The molecule has 0 aliphatic heterocycles. The first-order valence-electron chi connectivity index (χ1n) is 5.58. The third-order valence-electron chi connectivity index (χ3n) is 2.32. The highest BCUT2D eigenvalue weighted by Gasteiger charge is 2.06. The fraction of sp³-hybridized carbons (Fsp3) is 0.500. The van der Waals surface area contributed by atoms with Crippen molar-refractivity contribution in [2.24, 2.45) is 0 Å². The van der Waals surface area contributed by atoms with Gasteiger partial charge in [0, 0.05) is 12.9 Å². The summed E-state index contributed by atoms with van der Waals surface area (Å²) >= 11 is 0. The normalized spacial score (nSPS) is 11.4. The molecular weight excluding hydrogens is 240 g/mol. The van der Waals surface area contributed by atoms with Crippen LogP contribution in [0.15, 0.2) is 29.2 Å². The van der Waals surface area contributed by atoms with E-state index in [9.17, 15) is 8.42 Å². The first-order valence-corrected chi connectivity index (χ1v) is 7.47. The van der Waals surface area contributed by atoms with E-state index in [0.29, 0.717) is 17.3 Å². The number of benzene rings is 1. The van der Waals surface area contributed by atoms with Crippen LogP contribution in [-0.2, 0) is 9.84 Å². The topological polar surface area (TPSA) is 63.6 Å². The number of hydrogen-bond acceptors (Lipinski definition) is 4. The van der Waals surface area contributed by atoms with E-state index in [1.165, 1.54) is 6.26 Å². The molecule has 96 valence electrons. The number of ether oxygens (including phenoxy) is 1. The average Bonchev–Trinajstić information content (AvgIpc) is 2.28. The van der Waals surface area contributed by atoms with E-state index in [-0.39, 0.29) is 6.61 Å². The highest BCUT2D eigenvalue weighted by atomic mass is 32.2. The molecule has 0 saturated carbocycles. The minimum Gasteiger partial charge on any atom is -0.494 e. The van der Waals surface area contributed by atoms with Crippen LogP contribution in [0.5, 0.6) is 5.75 Å². The second-order valence-electron chi connectivity index (χ2n) is 3.88. The van der Waals surface area contributed by atoms with Gasteiger partial charge in [-0.25, -0.2) is 8.42 Å². The Balaban J connectivity index is 2.41. The smallest absolute Gasteiger partial charge is 0.175 e. The summed E-state index contributed by atoms with van der Waals surface area (Å²) in [5, 5.41) is 8.59. The molecule has 17 heavy (non-hydrogen) atoms. The third-order valence-corrected chi connectivity index (χ3v) is 3.45. The van der Waals surface area contributed by atoms with E-state index in [2.05, 4.69) is 0 Å². The Labute approximate surface area is 102 Å². The van der Waals surface area contributed by atoms with Crippen molar-refractivity contribution in [3.8, 4) is 5.75 Å². The first-order chi connectivity index (χ1) is 8.04. The van der Waals surface area contributed by atoms with E-state index in [4.69, 9.17) is 9.84 Å². The minimum atomic E-state index is -3.14. The molecule has 0 radical (unpaired) electrons. The maximum Gasteiger partial charge on any atom is 0.175 e. The lowest BCUT2D eigenvalue weighted by atomic mass is 10.2. The summed E-state index contributed by atoms with van der Waals surface area (Å²) in [5.41, 5.74) is 0. The highest BCUT2D eigenvalue weighted by molar-refractivity contribution is 7.90. The molecule has 0 fully saturated rings. The molecule has 0 aliphatic rings. The molecule has 0 bridgehead atoms. The van der Waals surface area contributed by atoms with Gasteiger partial charge in [-0.3, -0.25) is 0 Å². The van der Waals surface area contributed by atoms with Gasteiger partial charge in [-0.2, -0.15) is 0 Å². The van der Waals surface area contributed by atoms with Gasteiger partial charge < -0.3 is 9.84 Å². The van der Waals surface area contributed by atoms with Crippen LogP contribution in [0.3, 0.4) is 0 Å². The molecule has 1 rings (SSSR count). The summed E-state index contributed by atoms with van der Waals surface area (Å²) in [6, 6.07) is 6.39. The maximum atomic E-state index is 11.2. The molecule has 5 heteroatoms. The van der Waals surface area contributed by atoms with Crippen molar-refractivity contribution in [2.75, 3.05) is 19.5 Å². The number of hydrogen-bond donors (Lipinski definition) is 1. The van der Waals surface area contributed by atoms with Gasteiger partial charge in [-0.15, -0.1) is 0 Å². The zero-order valence-electron chi connectivity index (χ0n) is 9.93. The zero-order valence-corrected chi connectivity index (χ0v) is 10.7. The summed E-state index contributed by atoms with van der Waals surface area (Å²) in [5.74, 6) is 0.668. The van der Waals surface area contributed by atoms with Gasteiger partial charge in [0.25, 0.3) is 0 Å². The van der Waals surface area contributed by atoms with Crippen LogP contribution in [0.2, 0.25) is 0 Å². The molecule has 0 amide bonds. The predicted octanol–water partition coefficient (Wildman–Crippen LogP) is 1.63. The number of rotatable bonds is 7. The second-order valence-corrected chi connectivity index (χ2v) is 5.89. The Hall–Kier alpha value is -1.07. The quantitative estimate of drug-likeness (QED) is 0.755. The Bertz CT molecular complexity index is 422. The fourth-order valence-electron chi connectivity index (χ4n) is 1.36. The Morgan fingerprint density at radius 3 is 2.29 bits per heavy atom. The van der Waals surface area contributed by atoms with Crippen molar-refractivity contribution < 1.29 is 18.3 Å². The molecule has 0 aromatic heterocycles. The SMILES string of the molecule is CS(=O)(=O)c1ccc(OCCCCCO)cc1. The van der Waals surface area contributed by atoms with E-state index < -0.39 is 9.84 Å². The molecule has 0 aliphatic carbocycles. The standard InChI is InChI=1S/C12H18O4S/c1-17(14,15)12-7-5-11(6-8-12)16-10-4-2-3-9-13/h5-8,13H,2-4,9-10H2,1H3. The molecule has 0 atom stereocenters. The number of aliphatic hydroxyl groups is 1. The summed E-state index contributed by atoms with van der Waals surface area (Å²) < 4.78 is 27.9. The van der Waals surface area contributed by atoms with E-state index in [1.54, 1.807) is 24.3 Å². The van der Waals surface area contributed by atoms with Crippen molar-refractivity contribution in [1.29, 1.82) is 0 Å². The molecule has 1 aromatic rings. The lowest BCUT2D eigenvalue weighted by Crippen LogP contribution is -1.99. The van der Waals surface area contributed by atoms with Gasteiger partial charge in [0.1, 0.15) is 5.75 Å². The van der Waals surface area contributed by atoms with Gasteiger partial charge in [0.15, 0.2) is 9.84 Å². The van der Waals surface area contributed by atoms with Crippen LogP contribution in [-0.4, -0.2) is 33.0 Å². The van der Waals surface area contributed by atoms with Crippen LogP contribution in [0.1, 0.15) is 19.3 Å². The van der Waals surface area contributed by atoms with Crippen molar-refractivity contribution in [2.45, 2.75) is 24.2 Å². The van der Waals surface area contributed by atoms with E-state index in [0.717, 1.165) is 19.3 Å². The Morgan fingerprint density at radius 2 is 1.76 bits per heavy atom. The predicted molar refractivity (Wildman–Crippen MR) is 66.0 cm³/mol. The summed E-state index contributed by atoms with van der Waals surface area (Å²) in [7, 11) is -3.14. The van der Waals surface area contributed by atoms with Crippen molar-refractivity contribution in [3.05, 3.63) is 24.3 Å². The van der Waals surface area contributed by atoms with Crippen LogP contribution in [0.25, 0.3) is 0 Å². The van der Waals surface area contributed by atoms with Crippen LogP contribution in [0.4, 0.5) is 0 Å². The fourth-order valence-corrected chi connectivity index (χ4v) is 1.99. The van der Waals surface area contributed by atoms with Gasteiger partial charge in [0.2, 0.25) is 0 Å². The van der Waals surface area contributed by atoms with Gasteiger partial charge in [0.05, 0.1) is 11.5 Å². The van der Waals surface area contributed by atoms with Crippen LogP contribution in [0, 0.1) is 0 Å². The zero-order chi connectivity index (χ0) is 12.7. The Morgan fingerprint density at radius 1 is 1.12 bits per heavy atom. The van der Waals surface area contributed by atoms with Crippen molar-refractivity contribution in [3.63, 3.8) is 0 Å². The van der Waals surface area contributed by atoms with Gasteiger partial charge >= 0.3 is 0 Å². The summed E-state index contributed by atoms with van der Waals surface area (Å²) in [6.07, 6.45) is 3.78. The largest absolute Gasteiger partial charge is 0.494 e. The average molecular weight is 258 g/mol. The van der Waals surface area contributed by atoms with Gasteiger partial charge in [-0.1, -0.05) is 0 Å². The van der Waals surface area contributed by atoms with E-state index in [1.807, 2.05) is 0 Å². The molecule has 0 saturated heterocycles. The van der Waals surface area contributed by atoms with Crippen LogP contribution < -0.4 is 4.74 Å². The maximum absolute atomic E-state index is 11.2. The molecule has 1 aromatic carbocycles. The highest BCUT2D eigenvalue weighted by Crippen LogP contribution is 2.16. The Kier molecular flexibility index (Phi) is 5.44. The molecule has 4 nitrogen and oxygen atoms in total. The number of unbranched alkanes of at least 4 members (excludes halogenated alkanes) is 2. The monoisotopic (exact) mass is 258 g/mol. The molecule has 0 heterocycles. The molecular formula is C12H18O4S. The van der Waals surface area contributed by atoms with Crippen molar-refractivity contribution in [1.82, 2.24) is 0 Å². The molecule has 1 N–H and O–H groups in total. The van der Waals surface area contributed by atoms with Crippen LogP contribution >= 0.6 is 0 Å². The number of sulfone groups is 1. The van der Waals surface area contributed by atoms with E-state index >= 15 is 0 Å². The van der Waals surface area contributed by atoms with Crippen molar-refractivity contribution >= 4 is 9.84 Å². The second kappa shape index (κ2) is 6.61. The lowest BCUT2D eigenvalue weighted by Gasteiger charge is -2.06. The number of aliphatic hydroxyl groups excluding tert-OH is 1. The summed E-state index contributed by atoms with van der Waals surface area (Å²) in [4.78, 5) is 0.296. The lowest BCUT2D eigenvalue weighted by molar-refractivity contribution is 0.266. The summed E-state index contributed by atoms with van der Waals surface area (Å²) in [6.45, 7) is 0.793. The minimum absolute atomic E-state index is 0.211. The first kappa shape index (κ1) is 14.0. The third kappa shape index (κ3) is 5.19. The van der Waals surface area contributed by atoms with Gasteiger partial charge in [-0.05, 0) is 43.5 Å². The molecule has 0 spiro atoms. The molecule has 0 unspecified atom stereocenters.